The Morgan fingerprint density at radius 1 is 1.59 bits per heavy atom. The highest BCUT2D eigenvalue weighted by Gasteiger charge is 2.15. The lowest BCUT2D eigenvalue weighted by molar-refractivity contribution is -0.385. The summed E-state index contributed by atoms with van der Waals surface area (Å²) >= 11 is 9.27. The molecule has 0 heterocycles. The zero-order chi connectivity index (χ0) is 12.8. The lowest BCUT2D eigenvalue weighted by atomic mass is 10.1. The summed E-state index contributed by atoms with van der Waals surface area (Å²) in [6.07, 6.45) is 1.40. The minimum absolute atomic E-state index is 0.0776. The van der Waals surface area contributed by atoms with Crippen LogP contribution in [-0.2, 0) is 11.2 Å². The number of methoxy groups -OCH3 is 1. The summed E-state index contributed by atoms with van der Waals surface area (Å²) in [5, 5.41) is 10.7. The van der Waals surface area contributed by atoms with Gasteiger partial charge in [-0.2, -0.15) is 0 Å². The van der Waals surface area contributed by atoms with E-state index in [1.165, 1.54) is 6.07 Å². The van der Waals surface area contributed by atoms with Gasteiger partial charge in [0, 0.05) is 13.2 Å². The van der Waals surface area contributed by atoms with Crippen LogP contribution in [0.2, 0.25) is 0 Å². The molecule has 0 radical (unpaired) electrons. The van der Waals surface area contributed by atoms with Gasteiger partial charge in [0.25, 0.3) is 5.69 Å². The molecule has 0 saturated carbocycles. The highest BCUT2D eigenvalue weighted by molar-refractivity contribution is 9.10. The lowest BCUT2D eigenvalue weighted by Gasteiger charge is -2.09. The fourth-order valence-electron chi connectivity index (χ4n) is 1.48. The van der Waals surface area contributed by atoms with Crippen molar-refractivity contribution in [3.63, 3.8) is 0 Å². The number of hydrogen-bond donors (Lipinski definition) is 0. The molecule has 1 aromatic rings. The van der Waals surface area contributed by atoms with E-state index in [2.05, 4.69) is 15.9 Å². The normalized spacial score (nSPS) is 12.4. The molecule has 4 nitrogen and oxygen atoms in total. The second kappa shape index (κ2) is 6.93. The molecule has 0 aromatic heterocycles. The Labute approximate surface area is 113 Å². The average molecular weight is 323 g/mol. The van der Waals surface area contributed by atoms with Crippen molar-refractivity contribution in [1.82, 2.24) is 0 Å². The molecular weight excluding hydrogens is 309 g/mol. The summed E-state index contributed by atoms with van der Waals surface area (Å²) in [6.45, 7) is 0.480. The molecule has 17 heavy (non-hydrogen) atoms. The molecule has 6 heteroatoms. The molecule has 1 atom stereocenters. The van der Waals surface area contributed by atoms with Crippen molar-refractivity contribution < 1.29 is 9.66 Å². The van der Waals surface area contributed by atoms with E-state index in [4.69, 9.17) is 16.3 Å². The standard InChI is InChI=1S/C11H13BrClNO3/c1-17-7-9(13)6-5-8-3-2-4-10(11(8)12)14(15)16/h2-4,9H,5-7H2,1H3. The smallest absolute Gasteiger partial charge is 0.283 e. The Hall–Kier alpha value is -0.650. The molecule has 0 fully saturated rings. The topological polar surface area (TPSA) is 52.4 Å². The fraction of sp³-hybridized carbons (Fsp3) is 0.455. The number of halogens is 2. The first-order chi connectivity index (χ1) is 8.06. The Kier molecular flexibility index (Phi) is 5.88. The zero-order valence-electron chi connectivity index (χ0n) is 9.36. The van der Waals surface area contributed by atoms with Crippen LogP contribution < -0.4 is 0 Å². The van der Waals surface area contributed by atoms with E-state index in [1.54, 1.807) is 13.2 Å². The van der Waals surface area contributed by atoms with Crippen LogP contribution in [0.15, 0.2) is 22.7 Å². The van der Waals surface area contributed by atoms with E-state index in [-0.39, 0.29) is 11.1 Å². The first kappa shape index (κ1) is 14.4. The van der Waals surface area contributed by atoms with Crippen LogP contribution in [0.25, 0.3) is 0 Å². The van der Waals surface area contributed by atoms with Crippen LogP contribution in [0.4, 0.5) is 5.69 Å². The van der Waals surface area contributed by atoms with E-state index in [0.29, 0.717) is 17.5 Å². The third-order valence-electron chi connectivity index (χ3n) is 2.33. The average Bonchev–Trinajstić information content (AvgIpc) is 2.27. The maximum absolute atomic E-state index is 10.7. The predicted molar refractivity (Wildman–Crippen MR) is 70.6 cm³/mol. The van der Waals surface area contributed by atoms with Gasteiger partial charge in [-0.05, 0) is 34.3 Å². The number of nitrogens with zero attached hydrogens (tertiary/aromatic N) is 1. The predicted octanol–water partition coefficient (Wildman–Crippen LogP) is 3.54. The quantitative estimate of drug-likeness (QED) is 0.457. The molecule has 94 valence electrons. The van der Waals surface area contributed by atoms with Gasteiger partial charge in [0.15, 0.2) is 0 Å². The van der Waals surface area contributed by atoms with Gasteiger partial charge >= 0.3 is 0 Å². The van der Waals surface area contributed by atoms with Crippen molar-refractivity contribution >= 4 is 33.2 Å². The third-order valence-corrected chi connectivity index (χ3v) is 3.59. The van der Waals surface area contributed by atoms with Gasteiger partial charge in [-0.3, -0.25) is 10.1 Å². The number of benzene rings is 1. The van der Waals surface area contributed by atoms with Gasteiger partial charge < -0.3 is 4.74 Å². The van der Waals surface area contributed by atoms with E-state index in [1.807, 2.05) is 6.07 Å². The summed E-state index contributed by atoms with van der Waals surface area (Å²) in [5.74, 6) is 0. The van der Waals surface area contributed by atoms with Crippen LogP contribution in [0.5, 0.6) is 0 Å². The van der Waals surface area contributed by atoms with Gasteiger partial charge in [0.05, 0.1) is 21.4 Å². The molecule has 0 spiro atoms. The number of nitro benzene ring substituents is 1. The summed E-state index contributed by atoms with van der Waals surface area (Å²) < 4.78 is 5.47. The molecule has 0 aliphatic heterocycles. The summed E-state index contributed by atoms with van der Waals surface area (Å²) in [4.78, 5) is 10.3. The number of hydrogen-bond acceptors (Lipinski definition) is 3. The van der Waals surface area contributed by atoms with Crippen LogP contribution in [-0.4, -0.2) is 24.0 Å². The molecule has 0 aliphatic rings. The van der Waals surface area contributed by atoms with Crippen molar-refractivity contribution in [3.8, 4) is 0 Å². The van der Waals surface area contributed by atoms with Crippen molar-refractivity contribution in [2.24, 2.45) is 0 Å². The number of alkyl halides is 1. The Morgan fingerprint density at radius 3 is 2.88 bits per heavy atom. The molecule has 0 saturated heterocycles. The van der Waals surface area contributed by atoms with E-state index in [0.717, 1.165) is 12.0 Å². The zero-order valence-corrected chi connectivity index (χ0v) is 11.7. The summed E-state index contributed by atoms with van der Waals surface area (Å²) in [7, 11) is 1.60. The van der Waals surface area contributed by atoms with Crippen molar-refractivity contribution in [2.45, 2.75) is 18.2 Å². The molecule has 0 amide bonds. The number of aryl methyl sites for hydroxylation is 1. The molecule has 1 unspecified atom stereocenters. The largest absolute Gasteiger partial charge is 0.383 e. The second-order valence-electron chi connectivity index (χ2n) is 3.60. The lowest BCUT2D eigenvalue weighted by Crippen LogP contribution is -2.08. The van der Waals surface area contributed by atoms with Crippen molar-refractivity contribution in [3.05, 3.63) is 38.3 Å². The molecule has 0 bridgehead atoms. The second-order valence-corrected chi connectivity index (χ2v) is 5.01. The number of ether oxygens (including phenoxy) is 1. The number of nitro groups is 1. The van der Waals surface area contributed by atoms with Gasteiger partial charge in [0.1, 0.15) is 0 Å². The van der Waals surface area contributed by atoms with Crippen LogP contribution in [0.1, 0.15) is 12.0 Å². The minimum Gasteiger partial charge on any atom is -0.383 e. The first-order valence-electron chi connectivity index (χ1n) is 5.11. The van der Waals surface area contributed by atoms with Gasteiger partial charge in [-0.15, -0.1) is 11.6 Å². The van der Waals surface area contributed by atoms with E-state index < -0.39 is 4.92 Å². The molecule has 1 rings (SSSR count). The number of rotatable bonds is 6. The van der Waals surface area contributed by atoms with Crippen LogP contribution >= 0.6 is 27.5 Å². The maximum atomic E-state index is 10.7. The molecule has 0 N–H and O–H groups in total. The molecule has 0 aliphatic carbocycles. The summed E-state index contributed by atoms with van der Waals surface area (Å²) in [6, 6.07) is 5.01. The Balaban J connectivity index is 2.72. The Bertz CT molecular complexity index is 400. The van der Waals surface area contributed by atoms with Crippen molar-refractivity contribution in [1.29, 1.82) is 0 Å². The van der Waals surface area contributed by atoms with E-state index >= 15 is 0 Å². The fourth-order valence-corrected chi connectivity index (χ4v) is 2.32. The highest BCUT2D eigenvalue weighted by Crippen LogP contribution is 2.29. The monoisotopic (exact) mass is 321 g/mol. The molecule has 1 aromatic carbocycles. The first-order valence-corrected chi connectivity index (χ1v) is 6.34. The van der Waals surface area contributed by atoms with Crippen LogP contribution in [0, 0.1) is 10.1 Å². The maximum Gasteiger partial charge on any atom is 0.283 e. The molecular formula is C11H13BrClNO3. The third kappa shape index (κ3) is 4.26. The Morgan fingerprint density at radius 2 is 2.29 bits per heavy atom. The van der Waals surface area contributed by atoms with Gasteiger partial charge in [-0.1, -0.05) is 12.1 Å². The SMILES string of the molecule is COCC(Cl)CCc1cccc([N+](=O)[O-])c1Br. The van der Waals surface area contributed by atoms with Crippen LogP contribution in [0.3, 0.4) is 0 Å². The highest BCUT2D eigenvalue weighted by atomic mass is 79.9. The minimum atomic E-state index is -0.402. The van der Waals surface area contributed by atoms with E-state index in [9.17, 15) is 10.1 Å². The van der Waals surface area contributed by atoms with Gasteiger partial charge in [-0.25, -0.2) is 0 Å². The summed E-state index contributed by atoms with van der Waals surface area (Å²) in [5.41, 5.74) is 0.973. The van der Waals surface area contributed by atoms with Crippen molar-refractivity contribution in [2.75, 3.05) is 13.7 Å². The van der Waals surface area contributed by atoms with Gasteiger partial charge in [0.2, 0.25) is 0 Å².